The second-order valence-corrected chi connectivity index (χ2v) is 5.53. The highest BCUT2D eigenvalue weighted by Gasteiger charge is 2.16. The van der Waals surface area contributed by atoms with E-state index in [9.17, 15) is 0 Å². The van der Waals surface area contributed by atoms with Gasteiger partial charge >= 0.3 is 0 Å². The first-order valence-electron chi connectivity index (χ1n) is 6.80. The molecule has 1 aromatic heterocycles. The van der Waals surface area contributed by atoms with Gasteiger partial charge in [-0.15, -0.1) is 0 Å². The molecule has 2 heterocycles. The van der Waals surface area contributed by atoms with Gasteiger partial charge in [0.2, 0.25) is 0 Å². The van der Waals surface area contributed by atoms with E-state index in [0.29, 0.717) is 5.92 Å². The van der Waals surface area contributed by atoms with Crippen molar-refractivity contribution in [3.05, 3.63) is 41.8 Å². The number of nitrogens with zero attached hydrogens (tertiary/aromatic N) is 2. The van der Waals surface area contributed by atoms with Crippen molar-refractivity contribution in [2.24, 2.45) is 5.92 Å². The molecule has 0 amide bonds. The number of imidazole rings is 1. The molecule has 1 N–H and O–H groups in total. The number of benzene rings is 1. The van der Waals surface area contributed by atoms with Gasteiger partial charge in [0.15, 0.2) is 0 Å². The minimum Gasteiger partial charge on any atom is -0.330 e. The number of hydrogen-bond acceptors (Lipinski definition) is 2. The zero-order valence-electron chi connectivity index (χ0n) is 10.8. The molecule has 1 unspecified atom stereocenters. The average molecular weight is 276 g/mol. The van der Waals surface area contributed by atoms with Crippen LogP contribution < -0.4 is 5.32 Å². The molecule has 1 saturated heterocycles. The number of aromatic nitrogens is 2. The van der Waals surface area contributed by atoms with Crippen molar-refractivity contribution in [1.29, 1.82) is 0 Å². The van der Waals surface area contributed by atoms with Crippen molar-refractivity contribution in [3.63, 3.8) is 0 Å². The lowest BCUT2D eigenvalue weighted by Crippen LogP contribution is -2.32. The fraction of sp³-hybridized carbons (Fsp3) is 0.400. The van der Waals surface area contributed by atoms with Crippen LogP contribution in [0.5, 0.6) is 0 Å². The van der Waals surface area contributed by atoms with Crippen LogP contribution in [0, 0.1) is 5.92 Å². The fourth-order valence-electron chi connectivity index (χ4n) is 2.72. The normalized spacial score (nSPS) is 19.5. The quantitative estimate of drug-likeness (QED) is 0.932. The summed E-state index contributed by atoms with van der Waals surface area (Å²) in [6, 6.07) is 7.95. The Morgan fingerprint density at radius 1 is 1.37 bits per heavy atom. The van der Waals surface area contributed by atoms with Gasteiger partial charge in [0.25, 0.3) is 0 Å². The molecule has 1 aliphatic rings. The molecule has 3 nitrogen and oxygen atoms in total. The number of piperidine rings is 1. The Balaban J connectivity index is 1.84. The van der Waals surface area contributed by atoms with E-state index in [1.54, 1.807) is 0 Å². The second kappa shape index (κ2) is 5.76. The maximum absolute atomic E-state index is 6.28. The van der Waals surface area contributed by atoms with Crippen LogP contribution in [0.1, 0.15) is 12.8 Å². The van der Waals surface area contributed by atoms with Gasteiger partial charge in [0.05, 0.1) is 18.2 Å². The molecule has 0 saturated carbocycles. The molecule has 100 valence electrons. The summed E-state index contributed by atoms with van der Waals surface area (Å²) < 4.78 is 2.22. The Kier molecular flexibility index (Phi) is 3.85. The molecule has 1 aliphatic heterocycles. The summed E-state index contributed by atoms with van der Waals surface area (Å²) in [5.74, 6) is 0.684. The van der Waals surface area contributed by atoms with Gasteiger partial charge in [-0.1, -0.05) is 29.8 Å². The first-order valence-corrected chi connectivity index (χ1v) is 7.18. The second-order valence-electron chi connectivity index (χ2n) is 5.12. The first kappa shape index (κ1) is 12.7. The summed E-state index contributed by atoms with van der Waals surface area (Å²) in [4.78, 5) is 4.29. The Morgan fingerprint density at radius 2 is 2.26 bits per heavy atom. The minimum absolute atomic E-state index is 0.684. The molecule has 0 spiro atoms. The average Bonchev–Trinajstić information content (AvgIpc) is 2.88. The zero-order valence-corrected chi connectivity index (χ0v) is 11.6. The molecule has 0 radical (unpaired) electrons. The molecule has 19 heavy (non-hydrogen) atoms. The molecule has 1 fully saturated rings. The summed E-state index contributed by atoms with van der Waals surface area (Å²) in [6.45, 7) is 3.26. The lowest BCUT2D eigenvalue weighted by Gasteiger charge is -2.24. The molecule has 0 aliphatic carbocycles. The Labute approximate surface area is 118 Å². The van der Waals surface area contributed by atoms with Gasteiger partial charge < -0.3 is 9.88 Å². The number of halogens is 1. The van der Waals surface area contributed by atoms with Crippen molar-refractivity contribution in [3.8, 4) is 11.3 Å². The molecule has 0 bridgehead atoms. The monoisotopic (exact) mass is 275 g/mol. The minimum atomic E-state index is 0.684. The zero-order chi connectivity index (χ0) is 13.1. The topological polar surface area (TPSA) is 29.9 Å². The van der Waals surface area contributed by atoms with E-state index in [-0.39, 0.29) is 0 Å². The van der Waals surface area contributed by atoms with E-state index in [1.807, 2.05) is 30.7 Å². The maximum Gasteiger partial charge on any atom is 0.0951 e. The van der Waals surface area contributed by atoms with Crippen LogP contribution in [-0.2, 0) is 6.54 Å². The van der Waals surface area contributed by atoms with Crippen LogP contribution in [0.15, 0.2) is 36.8 Å². The predicted octanol–water partition coefficient (Wildman–Crippen LogP) is 3.20. The molecular weight excluding hydrogens is 258 g/mol. The SMILES string of the molecule is Clc1ccccc1-c1cncn1CC1CCCNC1. The number of nitrogens with one attached hydrogen (secondary N) is 1. The molecule has 3 rings (SSSR count). The molecular formula is C15H18ClN3. The third-order valence-corrected chi connectivity index (χ3v) is 4.05. The smallest absolute Gasteiger partial charge is 0.0951 e. The molecule has 4 heteroatoms. The van der Waals surface area contributed by atoms with Crippen molar-refractivity contribution in [2.75, 3.05) is 13.1 Å². The third-order valence-electron chi connectivity index (χ3n) is 3.72. The summed E-state index contributed by atoms with van der Waals surface area (Å²) in [6.07, 6.45) is 6.36. The number of rotatable bonds is 3. The van der Waals surface area contributed by atoms with Crippen LogP contribution in [0.25, 0.3) is 11.3 Å². The standard InChI is InChI=1S/C15H18ClN3/c16-14-6-2-1-5-13(14)15-9-18-11-19(15)10-12-4-3-7-17-8-12/h1-2,5-6,9,11-12,17H,3-4,7-8,10H2. The van der Waals surface area contributed by atoms with E-state index >= 15 is 0 Å². The fourth-order valence-corrected chi connectivity index (χ4v) is 2.95. The van der Waals surface area contributed by atoms with Gasteiger partial charge in [0, 0.05) is 17.1 Å². The van der Waals surface area contributed by atoms with Crippen LogP contribution in [0.4, 0.5) is 0 Å². The first-order chi connectivity index (χ1) is 9.34. The largest absolute Gasteiger partial charge is 0.330 e. The van der Waals surface area contributed by atoms with Gasteiger partial charge in [0.1, 0.15) is 0 Å². The van der Waals surface area contributed by atoms with Crippen molar-refractivity contribution in [2.45, 2.75) is 19.4 Å². The van der Waals surface area contributed by atoms with Gasteiger partial charge in [-0.2, -0.15) is 0 Å². The maximum atomic E-state index is 6.28. The Bertz CT molecular complexity index is 544. The number of hydrogen-bond donors (Lipinski definition) is 1. The Morgan fingerprint density at radius 3 is 3.05 bits per heavy atom. The summed E-state index contributed by atoms with van der Waals surface area (Å²) in [7, 11) is 0. The summed E-state index contributed by atoms with van der Waals surface area (Å²) in [5, 5.41) is 4.24. The Hall–Kier alpha value is -1.32. The van der Waals surface area contributed by atoms with Gasteiger partial charge in [-0.3, -0.25) is 0 Å². The summed E-state index contributed by atoms with van der Waals surface area (Å²) in [5.41, 5.74) is 2.17. The predicted molar refractivity (Wildman–Crippen MR) is 78.3 cm³/mol. The lowest BCUT2D eigenvalue weighted by atomic mass is 9.99. The summed E-state index contributed by atoms with van der Waals surface area (Å²) >= 11 is 6.28. The van der Waals surface area contributed by atoms with E-state index in [2.05, 4.69) is 20.9 Å². The van der Waals surface area contributed by atoms with Crippen LogP contribution in [-0.4, -0.2) is 22.6 Å². The molecule has 1 atom stereocenters. The van der Waals surface area contributed by atoms with Crippen LogP contribution in [0.2, 0.25) is 5.02 Å². The molecule has 1 aromatic carbocycles. The van der Waals surface area contributed by atoms with Crippen LogP contribution >= 0.6 is 11.6 Å². The highest BCUT2D eigenvalue weighted by Crippen LogP contribution is 2.28. The highest BCUT2D eigenvalue weighted by atomic mass is 35.5. The van der Waals surface area contributed by atoms with Crippen molar-refractivity contribution < 1.29 is 0 Å². The van der Waals surface area contributed by atoms with E-state index in [0.717, 1.165) is 35.9 Å². The lowest BCUT2D eigenvalue weighted by molar-refractivity contribution is 0.338. The van der Waals surface area contributed by atoms with E-state index in [1.165, 1.54) is 12.8 Å². The highest BCUT2D eigenvalue weighted by molar-refractivity contribution is 6.33. The third kappa shape index (κ3) is 2.82. The van der Waals surface area contributed by atoms with Crippen molar-refractivity contribution >= 4 is 11.6 Å². The van der Waals surface area contributed by atoms with Gasteiger partial charge in [-0.25, -0.2) is 4.98 Å². The van der Waals surface area contributed by atoms with Crippen molar-refractivity contribution in [1.82, 2.24) is 14.9 Å². The van der Waals surface area contributed by atoms with E-state index < -0.39 is 0 Å². The van der Waals surface area contributed by atoms with E-state index in [4.69, 9.17) is 11.6 Å². The molecule has 2 aromatic rings. The van der Waals surface area contributed by atoms with Crippen LogP contribution in [0.3, 0.4) is 0 Å². The van der Waals surface area contributed by atoms with Gasteiger partial charge in [-0.05, 0) is 37.9 Å².